The highest BCUT2D eigenvalue weighted by atomic mass is 31.1. The van der Waals surface area contributed by atoms with E-state index in [1.807, 2.05) is 0 Å². The van der Waals surface area contributed by atoms with Crippen LogP contribution in [-0.4, -0.2) is 31.2 Å². The predicted octanol–water partition coefficient (Wildman–Crippen LogP) is 1.40. The highest BCUT2D eigenvalue weighted by Crippen LogP contribution is 2.42. The van der Waals surface area contributed by atoms with Crippen molar-refractivity contribution in [3.63, 3.8) is 0 Å². The number of benzene rings is 1. The fourth-order valence-electron chi connectivity index (χ4n) is 1.64. The van der Waals surface area contributed by atoms with Crippen molar-refractivity contribution in [1.82, 2.24) is 4.98 Å². The smallest absolute Gasteiger partial charge is 0.352 e. The van der Waals surface area contributed by atoms with Crippen LogP contribution in [0.5, 0.6) is 0 Å². The Balaban J connectivity index is 2.46. The quantitative estimate of drug-likeness (QED) is 0.371. The van der Waals surface area contributed by atoms with E-state index in [-0.39, 0.29) is 5.69 Å². The van der Waals surface area contributed by atoms with Gasteiger partial charge in [-0.05, 0) is 21.2 Å². The fraction of sp³-hybridized carbons (Fsp3) is 0.100. The number of rotatable bonds is 5. The Bertz CT molecular complexity index is 679. The molecule has 104 valence electrons. The summed E-state index contributed by atoms with van der Waals surface area (Å²) in [6, 6.07) is 8.07. The van der Waals surface area contributed by atoms with Gasteiger partial charge in [0.25, 0.3) is 5.78 Å². The normalized spacial score (nSPS) is 15.8. The Morgan fingerprint density at radius 3 is 2.45 bits per heavy atom. The molecule has 1 aromatic heterocycles. The standard InChI is InChI=1S/C10H7NO7P2/c12-9(10(13,19(14)15)18-20(16)17)8-5-6-3-1-2-4-7(6)11-8/h1-5,13H,(H-2,11,12,14,15,16,17)/p+2. The minimum absolute atomic E-state index is 0.219. The molecule has 0 spiro atoms. The van der Waals surface area contributed by atoms with Gasteiger partial charge in [0.1, 0.15) is 0 Å². The second kappa shape index (κ2) is 5.46. The van der Waals surface area contributed by atoms with Gasteiger partial charge in [0.15, 0.2) is 0 Å². The molecule has 3 unspecified atom stereocenters. The van der Waals surface area contributed by atoms with Crippen molar-refractivity contribution in [2.75, 3.05) is 0 Å². The topological polar surface area (TPSA) is 137 Å². The number of Topliss-reactive ketones (excluding diaryl/α,β-unsaturated/α-hetero) is 1. The summed E-state index contributed by atoms with van der Waals surface area (Å²) in [5.41, 5.74) is -2.94. The Morgan fingerprint density at radius 2 is 1.90 bits per heavy atom. The number of carbonyl (C=O) groups is 1. The molecule has 0 aliphatic heterocycles. The molecule has 0 fully saturated rings. The second-order valence-electron chi connectivity index (χ2n) is 3.81. The largest absolute Gasteiger partial charge is 0.702 e. The number of para-hydroxylation sites is 1. The van der Waals surface area contributed by atoms with Crippen LogP contribution in [0.25, 0.3) is 10.9 Å². The van der Waals surface area contributed by atoms with E-state index < -0.39 is 27.6 Å². The second-order valence-corrected chi connectivity index (χ2v) is 5.62. The Labute approximate surface area is 113 Å². The van der Waals surface area contributed by atoms with Crippen molar-refractivity contribution in [3.05, 3.63) is 36.0 Å². The van der Waals surface area contributed by atoms with Gasteiger partial charge in [0, 0.05) is 15.5 Å². The molecule has 20 heavy (non-hydrogen) atoms. The van der Waals surface area contributed by atoms with E-state index in [4.69, 9.17) is 9.79 Å². The van der Waals surface area contributed by atoms with Crippen LogP contribution in [0.1, 0.15) is 10.5 Å². The van der Waals surface area contributed by atoms with Crippen molar-refractivity contribution in [2.45, 2.75) is 5.53 Å². The molecular formula is C10H9NO7P2+2. The number of hydrogen-bond donors (Lipinski definition) is 4. The number of aromatic nitrogens is 1. The number of aliphatic hydroxyl groups is 1. The van der Waals surface area contributed by atoms with Gasteiger partial charge in [0.2, 0.25) is 0 Å². The minimum atomic E-state index is -3.60. The third-order valence-electron chi connectivity index (χ3n) is 2.54. The van der Waals surface area contributed by atoms with Crippen LogP contribution in [-0.2, 0) is 13.7 Å². The highest BCUT2D eigenvalue weighted by Gasteiger charge is 2.64. The number of H-pyrrole nitrogens is 1. The van der Waals surface area contributed by atoms with Crippen molar-refractivity contribution >= 4 is 33.0 Å². The molecule has 3 atom stereocenters. The summed E-state index contributed by atoms with van der Waals surface area (Å²) in [4.78, 5) is 32.2. The van der Waals surface area contributed by atoms with Crippen molar-refractivity contribution in [1.29, 1.82) is 0 Å². The average molecular weight is 317 g/mol. The van der Waals surface area contributed by atoms with E-state index in [1.54, 1.807) is 24.3 Å². The maximum absolute atomic E-state index is 12.0. The molecule has 1 aromatic carbocycles. The van der Waals surface area contributed by atoms with Crippen LogP contribution in [0.15, 0.2) is 30.3 Å². The molecular weight excluding hydrogens is 308 g/mol. The van der Waals surface area contributed by atoms with E-state index in [0.29, 0.717) is 10.9 Å². The number of nitrogens with one attached hydrogen (secondary N) is 1. The third-order valence-corrected chi connectivity index (χ3v) is 3.91. The molecule has 4 N–H and O–H groups in total. The molecule has 2 aromatic rings. The minimum Gasteiger partial charge on any atom is -0.352 e. The number of fused-ring (bicyclic) bond motifs is 1. The zero-order valence-corrected chi connectivity index (χ0v) is 11.5. The zero-order valence-electron chi connectivity index (χ0n) is 9.76. The predicted molar refractivity (Wildman–Crippen MR) is 68.3 cm³/mol. The van der Waals surface area contributed by atoms with Crippen molar-refractivity contribution in [2.24, 2.45) is 0 Å². The van der Waals surface area contributed by atoms with E-state index in [2.05, 4.69) is 9.51 Å². The van der Waals surface area contributed by atoms with E-state index in [9.17, 15) is 19.0 Å². The number of carbonyl (C=O) groups excluding carboxylic acids is 1. The van der Waals surface area contributed by atoms with Crippen LogP contribution in [0, 0.1) is 0 Å². The van der Waals surface area contributed by atoms with Crippen LogP contribution < -0.4 is 0 Å². The molecule has 0 aliphatic rings. The molecule has 2 rings (SSSR count). The third kappa shape index (κ3) is 2.66. The summed E-state index contributed by atoms with van der Waals surface area (Å²) < 4.78 is 25.7. The molecule has 1 heterocycles. The summed E-state index contributed by atoms with van der Waals surface area (Å²) in [6.07, 6.45) is 0. The molecule has 8 nitrogen and oxygen atoms in total. The fourth-order valence-corrected chi connectivity index (χ4v) is 2.73. The molecule has 10 heteroatoms. The van der Waals surface area contributed by atoms with Gasteiger partial charge in [-0.1, -0.05) is 18.2 Å². The Morgan fingerprint density at radius 1 is 1.25 bits per heavy atom. The lowest BCUT2D eigenvalue weighted by Gasteiger charge is -2.04. The van der Waals surface area contributed by atoms with Crippen LogP contribution in [0.4, 0.5) is 0 Å². The van der Waals surface area contributed by atoms with Gasteiger partial charge < -0.3 is 10.1 Å². The molecule has 0 radical (unpaired) electrons. The van der Waals surface area contributed by atoms with Crippen molar-refractivity contribution < 1.29 is 33.3 Å². The maximum atomic E-state index is 12.0. The Hall–Kier alpha value is -1.53. The summed E-state index contributed by atoms with van der Waals surface area (Å²) >= 11 is 0. The Kier molecular flexibility index (Phi) is 4.06. The SMILES string of the molecule is O=C(c1cc2ccccc2[nH]1)C(O)(O[P+](=O)O)[P+](=O)O. The molecule has 0 saturated carbocycles. The molecule has 0 aliphatic carbocycles. The molecule has 0 bridgehead atoms. The van der Waals surface area contributed by atoms with Crippen LogP contribution in [0.3, 0.4) is 0 Å². The molecule has 0 amide bonds. The van der Waals surface area contributed by atoms with Gasteiger partial charge in [-0.2, -0.15) is 4.89 Å². The monoisotopic (exact) mass is 317 g/mol. The summed E-state index contributed by atoms with van der Waals surface area (Å²) in [5, 5.41) is 10.4. The van der Waals surface area contributed by atoms with Gasteiger partial charge >= 0.3 is 21.8 Å². The summed E-state index contributed by atoms with van der Waals surface area (Å²) in [5.74, 6) is -1.31. The number of aromatic amines is 1. The van der Waals surface area contributed by atoms with Gasteiger partial charge in [-0.15, -0.1) is 4.89 Å². The first-order chi connectivity index (χ1) is 9.34. The first kappa shape index (κ1) is 14.9. The van der Waals surface area contributed by atoms with Crippen LogP contribution in [0.2, 0.25) is 0 Å². The van der Waals surface area contributed by atoms with Gasteiger partial charge in [-0.3, -0.25) is 4.79 Å². The number of hydrogen-bond acceptors (Lipinski definition) is 5. The van der Waals surface area contributed by atoms with E-state index >= 15 is 0 Å². The zero-order chi connectivity index (χ0) is 14.9. The molecule has 0 saturated heterocycles. The highest BCUT2D eigenvalue weighted by molar-refractivity contribution is 7.42. The maximum Gasteiger partial charge on any atom is 0.702 e. The summed E-state index contributed by atoms with van der Waals surface area (Å²) in [7, 11) is -7.05. The lowest BCUT2D eigenvalue weighted by atomic mass is 10.2. The lowest BCUT2D eigenvalue weighted by molar-refractivity contribution is -0.0425. The first-order valence-electron chi connectivity index (χ1n) is 5.21. The number of ketones is 1. The van der Waals surface area contributed by atoms with E-state index in [0.717, 1.165) is 0 Å². The van der Waals surface area contributed by atoms with Gasteiger partial charge in [-0.25, -0.2) is 0 Å². The first-order valence-corrected chi connectivity index (χ1v) is 7.55. The van der Waals surface area contributed by atoms with Crippen LogP contribution >= 0.6 is 16.3 Å². The van der Waals surface area contributed by atoms with Crippen molar-refractivity contribution in [3.8, 4) is 0 Å². The van der Waals surface area contributed by atoms with Gasteiger partial charge in [0.05, 0.1) is 5.69 Å². The average Bonchev–Trinajstić information content (AvgIpc) is 2.80. The van der Waals surface area contributed by atoms with E-state index in [1.165, 1.54) is 6.07 Å². The summed E-state index contributed by atoms with van der Waals surface area (Å²) in [6.45, 7) is 0. The lowest BCUT2D eigenvalue weighted by Crippen LogP contribution is -2.36.